The molecule has 1 amide bonds. The summed E-state index contributed by atoms with van der Waals surface area (Å²) < 4.78 is 1.52. The monoisotopic (exact) mass is 247 g/mol. The van der Waals surface area contributed by atoms with Crippen LogP contribution in [0.2, 0.25) is 0 Å². The number of aryl methyl sites for hydroxylation is 2. The van der Waals surface area contributed by atoms with Gasteiger partial charge in [0.1, 0.15) is 0 Å². The predicted molar refractivity (Wildman–Crippen MR) is 67.9 cm³/mol. The van der Waals surface area contributed by atoms with Crippen molar-refractivity contribution in [2.75, 3.05) is 13.6 Å². The molecule has 1 heterocycles. The maximum atomic E-state index is 11.7. The second-order valence-electron chi connectivity index (χ2n) is 4.21. The van der Waals surface area contributed by atoms with Crippen LogP contribution in [0.15, 0.2) is 23.1 Å². The number of carbonyl (C=O) groups excluding carboxylic acids is 1. The Kier molecular flexibility index (Phi) is 5.12. The van der Waals surface area contributed by atoms with Crippen LogP contribution in [0.3, 0.4) is 0 Å². The average Bonchev–Trinajstić information content (AvgIpc) is 2.34. The van der Waals surface area contributed by atoms with Gasteiger partial charge in [0.05, 0.1) is 12.5 Å². The van der Waals surface area contributed by atoms with Gasteiger partial charge in [-0.3, -0.25) is 9.59 Å². The summed E-state index contributed by atoms with van der Waals surface area (Å²) in [5.41, 5.74) is 0.816. The first kappa shape index (κ1) is 14.0. The molecule has 0 N–H and O–H groups in total. The first-order valence-corrected chi connectivity index (χ1v) is 5.82. The van der Waals surface area contributed by atoms with E-state index in [0.717, 1.165) is 5.56 Å². The third kappa shape index (κ3) is 4.06. The van der Waals surface area contributed by atoms with Crippen molar-refractivity contribution in [2.24, 2.45) is 0 Å². The highest BCUT2D eigenvalue weighted by molar-refractivity contribution is 5.75. The van der Waals surface area contributed by atoms with E-state index in [2.05, 4.69) is 0 Å². The molecule has 0 saturated heterocycles. The summed E-state index contributed by atoms with van der Waals surface area (Å²) in [4.78, 5) is 24.8. The molecule has 0 atom stereocenters. The van der Waals surface area contributed by atoms with E-state index in [0.29, 0.717) is 19.5 Å². The molecule has 5 nitrogen and oxygen atoms in total. The number of rotatable bonds is 5. The van der Waals surface area contributed by atoms with Gasteiger partial charge < -0.3 is 9.47 Å². The molecule has 0 aliphatic rings. The molecule has 0 aliphatic heterocycles. The molecule has 0 aromatic carbocycles. The Labute approximate surface area is 106 Å². The molecule has 5 heteroatoms. The van der Waals surface area contributed by atoms with E-state index in [-0.39, 0.29) is 17.9 Å². The number of aromatic nitrogens is 1. The summed E-state index contributed by atoms with van der Waals surface area (Å²) in [6.45, 7) is 2.65. The van der Waals surface area contributed by atoms with Gasteiger partial charge in [-0.15, -0.1) is 0 Å². The fourth-order valence-electron chi connectivity index (χ4n) is 1.54. The Morgan fingerprint density at radius 2 is 2.28 bits per heavy atom. The van der Waals surface area contributed by atoms with Gasteiger partial charge in [-0.05, 0) is 18.6 Å². The fraction of sp³-hybridized carbons (Fsp3) is 0.462. The van der Waals surface area contributed by atoms with E-state index in [1.165, 1.54) is 9.47 Å². The Balaban J connectivity index is 2.52. The van der Waals surface area contributed by atoms with Crippen molar-refractivity contribution < 1.29 is 4.79 Å². The van der Waals surface area contributed by atoms with Crippen LogP contribution >= 0.6 is 0 Å². The zero-order valence-corrected chi connectivity index (χ0v) is 10.7. The Morgan fingerprint density at radius 3 is 2.89 bits per heavy atom. The molecule has 0 aliphatic carbocycles. The summed E-state index contributed by atoms with van der Waals surface area (Å²) in [6.07, 6.45) is 2.29. The van der Waals surface area contributed by atoms with Crippen LogP contribution in [0.5, 0.6) is 0 Å². The maximum Gasteiger partial charge on any atom is 0.250 e. The van der Waals surface area contributed by atoms with Gasteiger partial charge in [0.25, 0.3) is 5.56 Å². The van der Waals surface area contributed by atoms with Gasteiger partial charge in [0, 0.05) is 38.8 Å². The average molecular weight is 247 g/mol. The molecule has 1 rings (SSSR count). The molecule has 0 radical (unpaired) electrons. The van der Waals surface area contributed by atoms with Gasteiger partial charge in [0.15, 0.2) is 0 Å². The molecule has 0 saturated carbocycles. The smallest absolute Gasteiger partial charge is 0.250 e. The van der Waals surface area contributed by atoms with Crippen molar-refractivity contribution in [3.8, 4) is 6.07 Å². The fourth-order valence-corrected chi connectivity index (χ4v) is 1.54. The van der Waals surface area contributed by atoms with Crippen LogP contribution in [0.1, 0.15) is 18.4 Å². The lowest BCUT2D eigenvalue weighted by molar-refractivity contribution is -0.130. The number of hydrogen-bond donors (Lipinski definition) is 0. The van der Waals surface area contributed by atoms with Crippen molar-refractivity contribution in [3.63, 3.8) is 0 Å². The molecule has 0 fully saturated rings. The quantitative estimate of drug-likeness (QED) is 0.777. The van der Waals surface area contributed by atoms with Gasteiger partial charge in [0.2, 0.25) is 5.91 Å². The minimum atomic E-state index is -0.0949. The molecule has 1 aromatic heterocycles. The summed E-state index contributed by atoms with van der Waals surface area (Å²) >= 11 is 0. The Bertz CT molecular complexity index is 514. The van der Waals surface area contributed by atoms with E-state index >= 15 is 0 Å². The third-order valence-electron chi connectivity index (χ3n) is 2.70. The van der Waals surface area contributed by atoms with E-state index in [1.807, 2.05) is 19.1 Å². The molecule has 96 valence electrons. The lowest BCUT2D eigenvalue weighted by Crippen LogP contribution is -2.29. The number of nitrogens with zero attached hydrogens (tertiary/aromatic N) is 3. The highest BCUT2D eigenvalue weighted by Gasteiger charge is 2.08. The minimum absolute atomic E-state index is 0.0577. The largest absolute Gasteiger partial charge is 0.345 e. The van der Waals surface area contributed by atoms with E-state index in [9.17, 15) is 9.59 Å². The lowest BCUT2D eigenvalue weighted by atomic mass is 10.3. The van der Waals surface area contributed by atoms with Crippen LogP contribution in [-0.2, 0) is 11.3 Å². The first-order chi connectivity index (χ1) is 8.54. The van der Waals surface area contributed by atoms with E-state index < -0.39 is 0 Å². The topological polar surface area (TPSA) is 66.1 Å². The van der Waals surface area contributed by atoms with Crippen molar-refractivity contribution >= 4 is 5.91 Å². The number of carbonyl (C=O) groups is 1. The number of pyridine rings is 1. The van der Waals surface area contributed by atoms with Gasteiger partial charge in [-0.2, -0.15) is 5.26 Å². The second kappa shape index (κ2) is 6.60. The lowest BCUT2D eigenvalue weighted by Gasteiger charge is -2.15. The van der Waals surface area contributed by atoms with Crippen molar-refractivity contribution in [1.29, 1.82) is 5.26 Å². The molecule has 0 spiro atoms. The van der Waals surface area contributed by atoms with Crippen molar-refractivity contribution in [1.82, 2.24) is 9.47 Å². The standard InChI is InChI=1S/C13H17N3O2/c1-11-4-8-16(13(18)10-11)9-5-12(17)15(2)7-3-6-14/h4,8,10H,3,5,7,9H2,1-2H3. The summed E-state index contributed by atoms with van der Waals surface area (Å²) in [5.74, 6) is -0.0577. The number of nitriles is 1. The molecule has 0 bridgehead atoms. The number of amides is 1. The predicted octanol–water partition coefficient (Wildman–Crippen LogP) is 0.919. The molecule has 18 heavy (non-hydrogen) atoms. The Hall–Kier alpha value is -2.09. The van der Waals surface area contributed by atoms with Crippen LogP contribution in [0.25, 0.3) is 0 Å². The van der Waals surface area contributed by atoms with E-state index in [4.69, 9.17) is 5.26 Å². The summed E-state index contributed by atoms with van der Waals surface area (Å²) in [6, 6.07) is 5.38. The zero-order chi connectivity index (χ0) is 13.5. The highest BCUT2D eigenvalue weighted by Crippen LogP contribution is 1.97. The molecule has 0 unspecified atom stereocenters. The van der Waals surface area contributed by atoms with Gasteiger partial charge in [-0.1, -0.05) is 0 Å². The van der Waals surface area contributed by atoms with Crippen molar-refractivity contribution in [2.45, 2.75) is 26.3 Å². The van der Waals surface area contributed by atoms with Crippen LogP contribution in [0.4, 0.5) is 0 Å². The normalized spacial score (nSPS) is 9.83. The maximum absolute atomic E-state index is 11.7. The minimum Gasteiger partial charge on any atom is -0.345 e. The molecular formula is C13H17N3O2. The van der Waals surface area contributed by atoms with E-state index in [1.54, 1.807) is 19.3 Å². The van der Waals surface area contributed by atoms with Gasteiger partial charge in [-0.25, -0.2) is 0 Å². The van der Waals surface area contributed by atoms with Gasteiger partial charge >= 0.3 is 0 Å². The second-order valence-corrected chi connectivity index (χ2v) is 4.21. The zero-order valence-electron chi connectivity index (χ0n) is 10.7. The number of hydrogen-bond acceptors (Lipinski definition) is 3. The summed E-state index contributed by atoms with van der Waals surface area (Å²) in [5, 5.41) is 8.43. The van der Waals surface area contributed by atoms with Crippen LogP contribution in [-0.4, -0.2) is 29.0 Å². The highest BCUT2D eigenvalue weighted by atomic mass is 16.2. The van der Waals surface area contributed by atoms with Crippen LogP contribution < -0.4 is 5.56 Å². The molecular weight excluding hydrogens is 230 g/mol. The summed E-state index contributed by atoms with van der Waals surface area (Å²) in [7, 11) is 1.66. The molecule has 1 aromatic rings. The first-order valence-electron chi connectivity index (χ1n) is 5.82. The van der Waals surface area contributed by atoms with Crippen LogP contribution in [0, 0.1) is 18.3 Å². The third-order valence-corrected chi connectivity index (χ3v) is 2.70. The van der Waals surface area contributed by atoms with Crippen molar-refractivity contribution in [3.05, 3.63) is 34.2 Å². The SMILES string of the molecule is Cc1ccn(CCC(=O)N(C)CCC#N)c(=O)c1. The Morgan fingerprint density at radius 1 is 1.56 bits per heavy atom.